The van der Waals surface area contributed by atoms with E-state index in [1.54, 1.807) is 36.0 Å². The average Bonchev–Trinajstić information content (AvgIpc) is 3.49. The first-order valence-electron chi connectivity index (χ1n) is 8.82. The van der Waals surface area contributed by atoms with Crippen molar-refractivity contribution < 1.29 is 14.6 Å². The van der Waals surface area contributed by atoms with Crippen LogP contribution >= 0.6 is 0 Å². The maximum Gasteiger partial charge on any atom is 0.341 e. The van der Waals surface area contributed by atoms with E-state index in [-0.39, 0.29) is 22.8 Å². The van der Waals surface area contributed by atoms with Crippen molar-refractivity contribution >= 4 is 28.9 Å². The minimum Gasteiger partial charge on any atom is -0.477 e. The predicted octanol–water partition coefficient (Wildman–Crippen LogP) is 0.987. The molecule has 2 aromatic rings. The highest BCUT2D eigenvalue weighted by molar-refractivity contribution is 6.14. The molecule has 0 spiro atoms. The maximum atomic E-state index is 12.7. The van der Waals surface area contributed by atoms with Gasteiger partial charge in [-0.2, -0.15) is 0 Å². The predicted molar refractivity (Wildman–Crippen MR) is 104 cm³/mol. The van der Waals surface area contributed by atoms with Crippen molar-refractivity contribution in [1.82, 2.24) is 14.5 Å². The fourth-order valence-corrected chi connectivity index (χ4v) is 2.50. The number of anilines is 3. The molecule has 0 unspecified atom stereocenters. The molecule has 10 nitrogen and oxygen atoms in total. The minimum absolute atomic E-state index is 0.0709. The first-order valence-corrected chi connectivity index (χ1v) is 8.82. The summed E-state index contributed by atoms with van der Waals surface area (Å²) in [5.74, 6) is -0.681. The first-order chi connectivity index (χ1) is 13.5. The molecule has 0 atom stereocenters. The van der Waals surface area contributed by atoms with Crippen molar-refractivity contribution in [2.75, 3.05) is 24.3 Å². The summed E-state index contributed by atoms with van der Waals surface area (Å²) in [5.41, 5.74) is 5.20. The fraction of sp³-hybridized carbons (Fsp3) is 0.333. The zero-order valence-corrected chi connectivity index (χ0v) is 15.4. The van der Waals surface area contributed by atoms with Crippen molar-refractivity contribution in [3.63, 3.8) is 0 Å². The first kappa shape index (κ1) is 19.4. The van der Waals surface area contributed by atoms with Crippen LogP contribution in [0.1, 0.15) is 18.7 Å². The van der Waals surface area contributed by atoms with E-state index < -0.39 is 5.97 Å². The lowest BCUT2D eigenvalue weighted by Crippen LogP contribution is -2.24. The Hall–Kier alpha value is -3.40. The molecule has 2 aromatic heterocycles. The van der Waals surface area contributed by atoms with Gasteiger partial charge in [-0.15, -0.1) is 0 Å². The van der Waals surface area contributed by atoms with Crippen LogP contribution in [0.3, 0.4) is 0 Å². The van der Waals surface area contributed by atoms with Gasteiger partial charge < -0.3 is 30.8 Å². The molecule has 28 heavy (non-hydrogen) atoms. The van der Waals surface area contributed by atoms with E-state index in [1.165, 1.54) is 0 Å². The smallest absolute Gasteiger partial charge is 0.341 e. The van der Waals surface area contributed by atoms with Crippen molar-refractivity contribution in [2.45, 2.75) is 25.5 Å². The second kappa shape index (κ2) is 8.53. The number of aliphatic carboxylic acids is 1. The number of nitrogens with zero attached hydrogens (tertiary/aromatic N) is 3. The molecule has 1 saturated carbocycles. The summed E-state index contributed by atoms with van der Waals surface area (Å²) in [6.07, 6.45) is 5.10. The molecule has 5 N–H and O–H groups in total. The Morgan fingerprint density at radius 3 is 2.82 bits per heavy atom. The second-order valence-electron chi connectivity index (χ2n) is 6.21. The molecule has 10 heteroatoms. The van der Waals surface area contributed by atoms with Gasteiger partial charge in [0, 0.05) is 32.1 Å². The number of hydrogen-bond acceptors (Lipinski definition) is 8. The number of pyridine rings is 1. The molecule has 3 rings (SSSR count). The molecule has 1 fully saturated rings. The number of nitrogens with one attached hydrogen (secondary N) is 2. The van der Waals surface area contributed by atoms with Gasteiger partial charge in [-0.3, -0.25) is 4.79 Å². The maximum absolute atomic E-state index is 12.7. The van der Waals surface area contributed by atoms with Crippen LogP contribution in [0.25, 0.3) is 5.57 Å². The van der Waals surface area contributed by atoms with E-state index in [0.717, 1.165) is 19.0 Å². The summed E-state index contributed by atoms with van der Waals surface area (Å²) < 4.78 is 7.14. The molecule has 0 aliphatic heterocycles. The van der Waals surface area contributed by atoms with Crippen LogP contribution in [0.4, 0.5) is 17.3 Å². The Balaban J connectivity index is 1.84. The number of rotatable bonds is 9. The van der Waals surface area contributed by atoms with Crippen LogP contribution in [-0.4, -0.2) is 45.4 Å². The van der Waals surface area contributed by atoms with Gasteiger partial charge in [0.25, 0.3) is 5.56 Å². The standard InChI is InChI=1S/C18H22N6O4/c1-20-14-9-15(23-16(22-14)12(10-19)18(26)27)21-13-3-2-6-24(17(13)25)7-8-28-11-4-5-11/h2-3,6,9-11H,4-5,7-8,19H2,1H3,(H,26,27)(H2,20,21,22,23). The van der Waals surface area contributed by atoms with Crippen molar-refractivity contribution in [3.05, 3.63) is 46.8 Å². The lowest BCUT2D eigenvalue weighted by atomic mass is 10.2. The van der Waals surface area contributed by atoms with Gasteiger partial charge in [0.15, 0.2) is 5.82 Å². The number of aromatic nitrogens is 3. The highest BCUT2D eigenvalue weighted by Gasteiger charge is 2.21. The number of carboxylic acids is 1. The molecule has 0 saturated heterocycles. The third-order valence-corrected chi connectivity index (χ3v) is 4.11. The van der Waals surface area contributed by atoms with Gasteiger partial charge in [0.05, 0.1) is 12.7 Å². The molecule has 0 amide bonds. The van der Waals surface area contributed by atoms with Crippen LogP contribution in [-0.2, 0) is 16.1 Å². The Kier molecular flexibility index (Phi) is 5.90. The van der Waals surface area contributed by atoms with Crippen LogP contribution in [0.15, 0.2) is 35.4 Å². The van der Waals surface area contributed by atoms with Gasteiger partial charge in [0.2, 0.25) is 0 Å². The summed E-state index contributed by atoms with van der Waals surface area (Å²) in [6, 6.07) is 4.93. The van der Waals surface area contributed by atoms with E-state index in [1.807, 2.05) is 0 Å². The minimum atomic E-state index is -1.25. The summed E-state index contributed by atoms with van der Waals surface area (Å²) >= 11 is 0. The highest BCUT2D eigenvalue weighted by Crippen LogP contribution is 2.23. The van der Waals surface area contributed by atoms with Crippen LogP contribution < -0.4 is 21.9 Å². The number of carboxylic acid groups (broad SMARTS) is 1. The van der Waals surface area contributed by atoms with E-state index in [2.05, 4.69) is 20.6 Å². The Bertz CT molecular complexity index is 951. The Labute approximate surface area is 161 Å². The van der Waals surface area contributed by atoms with Gasteiger partial charge in [-0.1, -0.05) is 0 Å². The van der Waals surface area contributed by atoms with Crippen LogP contribution in [0.2, 0.25) is 0 Å². The van der Waals surface area contributed by atoms with E-state index in [9.17, 15) is 14.7 Å². The van der Waals surface area contributed by atoms with Crippen LogP contribution in [0.5, 0.6) is 0 Å². The lowest BCUT2D eigenvalue weighted by Gasteiger charge is -2.12. The largest absolute Gasteiger partial charge is 0.477 e. The lowest BCUT2D eigenvalue weighted by molar-refractivity contribution is -0.130. The second-order valence-corrected chi connectivity index (χ2v) is 6.21. The molecule has 0 radical (unpaired) electrons. The van der Waals surface area contributed by atoms with Gasteiger partial charge >= 0.3 is 5.97 Å². The quantitative estimate of drug-likeness (QED) is 0.464. The van der Waals surface area contributed by atoms with E-state index in [4.69, 9.17) is 10.5 Å². The summed E-state index contributed by atoms with van der Waals surface area (Å²) in [6.45, 7) is 0.916. The number of hydrogen-bond donors (Lipinski definition) is 4. The Morgan fingerprint density at radius 1 is 1.43 bits per heavy atom. The van der Waals surface area contributed by atoms with E-state index >= 15 is 0 Å². The number of carbonyl (C=O) groups is 1. The summed E-state index contributed by atoms with van der Waals surface area (Å²) in [4.78, 5) is 32.2. The normalized spacial score (nSPS) is 14.0. The summed E-state index contributed by atoms with van der Waals surface area (Å²) in [7, 11) is 1.64. The van der Waals surface area contributed by atoms with E-state index in [0.29, 0.717) is 30.8 Å². The molecular formula is C18H22N6O4. The molecule has 0 bridgehead atoms. The SMILES string of the molecule is CNc1cc(Nc2cccn(CCOC3CC3)c2=O)nc(C(=CN)C(=O)O)n1. The molecule has 148 valence electrons. The number of ether oxygens (including phenoxy) is 1. The van der Waals surface area contributed by atoms with Gasteiger partial charge in [-0.05, 0) is 25.0 Å². The molecule has 1 aliphatic carbocycles. The zero-order chi connectivity index (χ0) is 20.1. The number of nitrogens with two attached hydrogens (primary N) is 1. The highest BCUT2D eigenvalue weighted by atomic mass is 16.5. The van der Waals surface area contributed by atoms with Gasteiger partial charge in [-0.25, -0.2) is 14.8 Å². The molecule has 1 aliphatic rings. The zero-order valence-electron chi connectivity index (χ0n) is 15.4. The third-order valence-electron chi connectivity index (χ3n) is 4.11. The summed E-state index contributed by atoms with van der Waals surface area (Å²) in [5, 5.41) is 15.0. The van der Waals surface area contributed by atoms with Crippen LogP contribution in [0, 0.1) is 0 Å². The topological polar surface area (TPSA) is 144 Å². The van der Waals surface area contributed by atoms with Crippen molar-refractivity contribution in [1.29, 1.82) is 0 Å². The average molecular weight is 386 g/mol. The molecule has 2 heterocycles. The third kappa shape index (κ3) is 4.65. The fourth-order valence-electron chi connectivity index (χ4n) is 2.50. The molecular weight excluding hydrogens is 364 g/mol. The van der Waals surface area contributed by atoms with Gasteiger partial charge in [0.1, 0.15) is 22.9 Å². The van der Waals surface area contributed by atoms with Crippen molar-refractivity contribution in [2.24, 2.45) is 5.73 Å². The van der Waals surface area contributed by atoms with Crippen molar-refractivity contribution in [3.8, 4) is 0 Å². The molecule has 0 aromatic carbocycles. The monoisotopic (exact) mass is 386 g/mol. The Morgan fingerprint density at radius 2 is 2.18 bits per heavy atom.